The average molecular weight is 614 g/mol. The molecule has 1 aliphatic carbocycles. The topological polar surface area (TPSA) is 96.0 Å². The lowest BCUT2D eigenvalue weighted by Gasteiger charge is -2.40. The van der Waals surface area contributed by atoms with Crippen LogP contribution in [0.4, 0.5) is 10.2 Å². The van der Waals surface area contributed by atoms with Crippen LogP contribution >= 0.6 is 11.6 Å². The number of halogens is 2. The smallest absolute Gasteiger partial charge is 0.250 e. The van der Waals surface area contributed by atoms with E-state index in [1.165, 1.54) is 25.4 Å². The van der Waals surface area contributed by atoms with Crippen LogP contribution in [0.5, 0.6) is 5.75 Å². The van der Waals surface area contributed by atoms with Crippen molar-refractivity contribution in [2.24, 2.45) is 5.41 Å². The van der Waals surface area contributed by atoms with Crippen molar-refractivity contribution in [1.82, 2.24) is 20.1 Å². The first-order chi connectivity index (χ1) is 20.4. The molecule has 1 aromatic carbocycles. The van der Waals surface area contributed by atoms with Gasteiger partial charge in [-0.1, -0.05) is 23.2 Å². The second-order valence-corrected chi connectivity index (χ2v) is 12.0. The van der Waals surface area contributed by atoms with Gasteiger partial charge in [-0.3, -0.25) is 14.5 Å². The van der Waals surface area contributed by atoms with E-state index < -0.39 is 17.3 Å². The molecule has 2 amide bonds. The highest BCUT2D eigenvalue weighted by atomic mass is 35.5. The molecule has 2 aliphatic rings. The predicted molar refractivity (Wildman–Crippen MR) is 165 cm³/mol. The Morgan fingerprint density at radius 1 is 1.26 bits per heavy atom. The summed E-state index contributed by atoms with van der Waals surface area (Å²) in [6, 6.07) is 6.78. The number of methoxy groups -OCH3 is 1. The fourth-order valence-corrected chi connectivity index (χ4v) is 5.49. The maximum absolute atomic E-state index is 14.6. The summed E-state index contributed by atoms with van der Waals surface area (Å²) >= 11 is 6.00. The maximum atomic E-state index is 14.6. The van der Waals surface area contributed by atoms with E-state index >= 15 is 0 Å². The van der Waals surface area contributed by atoms with Crippen molar-refractivity contribution >= 4 is 29.2 Å². The van der Waals surface area contributed by atoms with Crippen molar-refractivity contribution in [2.75, 3.05) is 52.7 Å². The number of allylic oxidation sites excluding steroid dienone is 1. The molecule has 1 saturated heterocycles. The van der Waals surface area contributed by atoms with E-state index in [-0.39, 0.29) is 23.3 Å². The van der Waals surface area contributed by atoms with Gasteiger partial charge in [0, 0.05) is 39.3 Å². The highest BCUT2D eigenvalue weighted by Crippen LogP contribution is 2.42. The van der Waals surface area contributed by atoms with Crippen molar-refractivity contribution in [3.05, 3.63) is 75.4 Å². The van der Waals surface area contributed by atoms with Crippen molar-refractivity contribution in [2.45, 2.75) is 46.3 Å². The molecule has 43 heavy (non-hydrogen) atoms. The Kier molecular flexibility index (Phi) is 10.1. The standard InChI is InChI=1S/C32H41ClFN5O4/c1-19-12-23(42-7)16-36-29(19)37-31(41)32(4)15-24(30(40)35-5)27(13-20(32)2)43-28(22-8-9-25(33)26(34)14-22)18-39-11-10-38(6)21(3)17-39/h8-9,12-14,16,21,28H,10-11,15,17-18H2,1-7H3,(H,35,40)(H,36,37,41)/t21-,28-,32?/m1/s1. The molecule has 0 spiro atoms. The van der Waals surface area contributed by atoms with Gasteiger partial charge in [-0.05, 0) is 76.6 Å². The molecule has 2 heterocycles. The van der Waals surface area contributed by atoms with E-state index in [0.717, 1.165) is 25.2 Å². The van der Waals surface area contributed by atoms with E-state index in [0.29, 0.717) is 46.6 Å². The molecule has 0 radical (unpaired) electrons. The fraction of sp³-hybridized carbons (Fsp3) is 0.469. The first-order valence-electron chi connectivity index (χ1n) is 14.4. The summed E-state index contributed by atoms with van der Waals surface area (Å²) < 4.78 is 26.4. The molecule has 11 heteroatoms. The summed E-state index contributed by atoms with van der Waals surface area (Å²) in [7, 11) is 5.19. The molecule has 3 atom stereocenters. The number of aromatic nitrogens is 1. The molecule has 9 nitrogen and oxygen atoms in total. The molecule has 1 aromatic heterocycles. The molecule has 0 bridgehead atoms. The second-order valence-electron chi connectivity index (χ2n) is 11.6. The van der Waals surface area contributed by atoms with Crippen LogP contribution in [0.3, 0.4) is 0 Å². The van der Waals surface area contributed by atoms with Gasteiger partial charge in [-0.2, -0.15) is 0 Å². The lowest BCUT2D eigenvalue weighted by Crippen LogP contribution is -2.51. The first-order valence-corrected chi connectivity index (χ1v) is 14.7. The number of ether oxygens (including phenoxy) is 2. The first kappa shape index (κ1) is 32.4. The van der Waals surface area contributed by atoms with Gasteiger partial charge >= 0.3 is 0 Å². The van der Waals surface area contributed by atoms with Gasteiger partial charge in [0.05, 0.1) is 29.3 Å². The van der Waals surface area contributed by atoms with Crippen LogP contribution < -0.4 is 15.4 Å². The van der Waals surface area contributed by atoms with Crippen molar-refractivity contribution in [1.29, 1.82) is 0 Å². The van der Waals surface area contributed by atoms with Crippen molar-refractivity contribution < 1.29 is 23.5 Å². The Bertz CT molecular complexity index is 1450. The minimum absolute atomic E-state index is 0.0257. The van der Waals surface area contributed by atoms with Crippen LogP contribution in [0.1, 0.15) is 44.4 Å². The SMILES string of the molecule is CNC(=O)C1=C(O[C@H](CN2CCN(C)[C@H](C)C2)c2ccc(Cl)c(F)c2)C=C(C)C(C)(C(=O)Nc2ncc(OC)cc2C)C1. The van der Waals surface area contributed by atoms with Gasteiger partial charge in [0.15, 0.2) is 0 Å². The van der Waals surface area contributed by atoms with E-state index in [1.54, 1.807) is 32.2 Å². The van der Waals surface area contributed by atoms with Crippen molar-refractivity contribution in [3.8, 4) is 5.75 Å². The molecular weight excluding hydrogens is 573 g/mol. The summed E-state index contributed by atoms with van der Waals surface area (Å²) in [4.78, 5) is 35.9. The van der Waals surface area contributed by atoms with Gasteiger partial charge in [-0.15, -0.1) is 0 Å². The normalized spacial score (nSPS) is 22.1. The third kappa shape index (κ3) is 7.20. The second kappa shape index (κ2) is 13.4. The van der Waals surface area contributed by atoms with E-state index in [9.17, 15) is 14.0 Å². The number of amides is 2. The number of rotatable bonds is 9. The highest BCUT2D eigenvalue weighted by Gasteiger charge is 2.42. The molecule has 1 aliphatic heterocycles. The number of anilines is 1. The van der Waals surface area contributed by atoms with Crippen molar-refractivity contribution in [3.63, 3.8) is 0 Å². The molecule has 0 saturated carbocycles. The number of hydrogen-bond acceptors (Lipinski definition) is 7. The number of pyridine rings is 1. The van der Waals surface area contributed by atoms with Crippen LogP contribution in [0.2, 0.25) is 5.02 Å². The Hall–Kier alpha value is -3.47. The van der Waals surface area contributed by atoms with Gasteiger partial charge in [0.1, 0.15) is 29.2 Å². The Morgan fingerprint density at radius 2 is 2.00 bits per heavy atom. The zero-order chi connectivity index (χ0) is 31.5. The summed E-state index contributed by atoms with van der Waals surface area (Å²) in [5, 5.41) is 5.65. The van der Waals surface area contributed by atoms with E-state index in [2.05, 4.69) is 39.4 Å². The highest BCUT2D eigenvalue weighted by molar-refractivity contribution is 6.30. The number of piperazine rings is 1. The van der Waals surface area contributed by atoms with Gasteiger partial charge in [0.25, 0.3) is 5.91 Å². The van der Waals surface area contributed by atoms with Gasteiger partial charge < -0.3 is 25.0 Å². The number of benzene rings is 1. The van der Waals surface area contributed by atoms with Crippen LogP contribution in [0, 0.1) is 18.2 Å². The lowest BCUT2D eigenvalue weighted by molar-refractivity contribution is -0.123. The summed E-state index contributed by atoms with van der Waals surface area (Å²) in [5.41, 5.74) is 1.34. The molecule has 232 valence electrons. The number of nitrogens with zero attached hydrogens (tertiary/aromatic N) is 3. The Labute approximate surface area is 258 Å². The van der Waals surface area contributed by atoms with E-state index in [1.807, 2.05) is 13.8 Å². The molecule has 2 aromatic rings. The van der Waals surface area contributed by atoms with Crippen LogP contribution in [-0.2, 0) is 14.3 Å². The molecule has 4 rings (SSSR count). The number of carbonyl (C=O) groups is 2. The number of nitrogens with one attached hydrogen (secondary N) is 2. The Balaban J connectivity index is 1.66. The van der Waals surface area contributed by atoms with E-state index in [4.69, 9.17) is 21.1 Å². The van der Waals surface area contributed by atoms with Gasteiger partial charge in [0.2, 0.25) is 5.91 Å². The van der Waals surface area contributed by atoms with Crippen LogP contribution in [0.15, 0.2) is 53.4 Å². The Morgan fingerprint density at radius 3 is 2.63 bits per heavy atom. The number of hydrogen-bond donors (Lipinski definition) is 2. The minimum Gasteiger partial charge on any atom is -0.495 e. The summed E-state index contributed by atoms with van der Waals surface area (Å²) in [5.74, 6) is 0.156. The van der Waals surface area contributed by atoms with Gasteiger partial charge in [-0.25, -0.2) is 9.37 Å². The number of likely N-dealkylation sites (N-methyl/N-ethyl adjacent to an activating group) is 2. The zero-order valence-electron chi connectivity index (χ0n) is 25.9. The fourth-order valence-electron chi connectivity index (χ4n) is 5.37. The maximum Gasteiger partial charge on any atom is 0.250 e. The minimum atomic E-state index is -1.06. The third-order valence-corrected chi connectivity index (χ3v) is 8.93. The molecule has 1 fully saturated rings. The number of aryl methyl sites for hydroxylation is 1. The quantitative estimate of drug-likeness (QED) is 0.416. The average Bonchev–Trinajstić information content (AvgIpc) is 2.98. The molecule has 1 unspecified atom stereocenters. The monoisotopic (exact) mass is 613 g/mol. The van der Waals surface area contributed by atoms with Crippen LogP contribution in [0.25, 0.3) is 0 Å². The lowest BCUT2D eigenvalue weighted by atomic mass is 9.72. The zero-order valence-corrected chi connectivity index (χ0v) is 26.6. The molecule has 2 N–H and O–H groups in total. The largest absolute Gasteiger partial charge is 0.495 e. The summed E-state index contributed by atoms with van der Waals surface area (Å²) in [6.07, 6.45) is 2.79. The van der Waals surface area contributed by atoms with Crippen LogP contribution in [-0.4, -0.2) is 80.0 Å². The molecular formula is C32H41ClFN5O4. The predicted octanol–water partition coefficient (Wildman–Crippen LogP) is 4.88. The third-order valence-electron chi connectivity index (χ3n) is 8.62. The summed E-state index contributed by atoms with van der Waals surface area (Å²) in [6.45, 7) is 10.7. The number of carbonyl (C=O) groups excluding carboxylic acids is 2.